The molecule has 6 nitrogen and oxygen atoms in total. The van der Waals surface area contributed by atoms with Crippen LogP contribution in [0.1, 0.15) is 32.1 Å². The minimum atomic E-state index is -4.17. The van der Waals surface area contributed by atoms with Crippen molar-refractivity contribution < 1.29 is 22.8 Å². The van der Waals surface area contributed by atoms with Crippen LogP contribution in [0.4, 0.5) is 13.2 Å². The van der Waals surface area contributed by atoms with Gasteiger partial charge in [-0.15, -0.1) is 0 Å². The van der Waals surface area contributed by atoms with E-state index in [0.29, 0.717) is 38.9 Å². The number of primary amides is 1. The van der Waals surface area contributed by atoms with E-state index >= 15 is 0 Å². The fourth-order valence-electron chi connectivity index (χ4n) is 4.29. The molecule has 0 radical (unpaired) electrons. The van der Waals surface area contributed by atoms with Crippen molar-refractivity contribution in [3.63, 3.8) is 0 Å². The molecule has 142 valence electrons. The van der Waals surface area contributed by atoms with Crippen molar-refractivity contribution in [1.82, 2.24) is 14.7 Å². The Morgan fingerprint density at radius 1 is 0.960 bits per heavy atom. The van der Waals surface area contributed by atoms with Gasteiger partial charge in [-0.25, -0.2) is 0 Å². The van der Waals surface area contributed by atoms with Crippen LogP contribution in [0.2, 0.25) is 0 Å². The number of likely N-dealkylation sites (tertiary alicyclic amines) is 3. The van der Waals surface area contributed by atoms with Crippen molar-refractivity contribution >= 4 is 11.8 Å². The van der Waals surface area contributed by atoms with E-state index in [2.05, 4.69) is 4.90 Å². The van der Waals surface area contributed by atoms with E-state index in [9.17, 15) is 22.8 Å². The van der Waals surface area contributed by atoms with Crippen LogP contribution in [0.5, 0.6) is 0 Å². The number of nitrogens with zero attached hydrogens (tertiary/aromatic N) is 3. The van der Waals surface area contributed by atoms with Crippen molar-refractivity contribution in [2.45, 2.75) is 56.4 Å². The first-order valence-electron chi connectivity index (χ1n) is 8.91. The molecule has 3 heterocycles. The number of amides is 2. The Bertz CT molecular complexity index is 520. The minimum absolute atomic E-state index is 0.0507. The molecule has 2 atom stereocenters. The fourth-order valence-corrected chi connectivity index (χ4v) is 4.29. The first kappa shape index (κ1) is 18.4. The summed E-state index contributed by atoms with van der Waals surface area (Å²) in [5.74, 6) is -0.512. The lowest BCUT2D eigenvalue weighted by Gasteiger charge is -2.49. The van der Waals surface area contributed by atoms with Crippen molar-refractivity contribution in [2.75, 3.05) is 32.7 Å². The minimum Gasteiger partial charge on any atom is -0.368 e. The lowest BCUT2D eigenvalue weighted by Crippen LogP contribution is -2.63. The lowest BCUT2D eigenvalue weighted by molar-refractivity contribution is -0.153. The molecule has 3 aliphatic heterocycles. The van der Waals surface area contributed by atoms with Gasteiger partial charge >= 0.3 is 6.18 Å². The summed E-state index contributed by atoms with van der Waals surface area (Å²) in [5, 5.41) is 0. The predicted octanol–water partition coefficient (Wildman–Crippen LogP) is 0.564. The predicted molar refractivity (Wildman–Crippen MR) is 84.6 cm³/mol. The molecule has 0 aromatic heterocycles. The zero-order valence-corrected chi connectivity index (χ0v) is 14.2. The summed E-state index contributed by atoms with van der Waals surface area (Å²) in [6.45, 7) is 1.27. The topological polar surface area (TPSA) is 69.9 Å². The first-order chi connectivity index (χ1) is 11.8. The summed E-state index contributed by atoms with van der Waals surface area (Å²) < 4.78 is 37.4. The Morgan fingerprint density at radius 3 is 2.16 bits per heavy atom. The van der Waals surface area contributed by atoms with E-state index < -0.39 is 24.7 Å². The third-order valence-electron chi connectivity index (χ3n) is 5.64. The molecule has 25 heavy (non-hydrogen) atoms. The standard InChI is InChI=1S/C16H25F3N4O2/c17-16(18,19)10-21-7-3-11(4-8-21)22-9-5-13(22)15(25)23-6-1-2-12(23)14(20)24/h11-13H,1-10H2,(H2,20,24). The molecule has 3 fully saturated rings. The quantitative estimate of drug-likeness (QED) is 0.794. The fraction of sp³-hybridized carbons (Fsp3) is 0.875. The molecule has 9 heteroatoms. The van der Waals surface area contributed by atoms with E-state index in [0.717, 1.165) is 19.4 Å². The van der Waals surface area contributed by atoms with Crippen LogP contribution >= 0.6 is 0 Å². The maximum absolute atomic E-state index is 12.8. The van der Waals surface area contributed by atoms with Crippen molar-refractivity contribution in [3.05, 3.63) is 0 Å². The second-order valence-corrected chi connectivity index (χ2v) is 7.26. The zero-order valence-electron chi connectivity index (χ0n) is 14.2. The monoisotopic (exact) mass is 362 g/mol. The molecule has 3 saturated heterocycles. The van der Waals surface area contributed by atoms with Gasteiger partial charge in [0.2, 0.25) is 11.8 Å². The van der Waals surface area contributed by atoms with Gasteiger partial charge < -0.3 is 10.6 Å². The Hall–Kier alpha value is -1.35. The van der Waals surface area contributed by atoms with Crippen LogP contribution in [0.3, 0.4) is 0 Å². The molecule has 0 saturated carbocycles. The van der Waals surface area contributed by atoms with Gasteiger partial charge in [0.1, 0.15) is 6.04 Å². The number of halogens is 3. The summed E-state index contributed by atoms with van der Waals surface area (Å²) >= 11 is 0. The van der Waals surface area contributed by atoms with Crippen LogP contribution < -0.4 is 5.73 Å². The summed E-state index contributed by atoms with van der Waals surface area (Å²) in [6, 6.07) is -0.621. The second-order valence-electron chi connectivity index (χ2n) is 7.26. The van der Waals surface area contributed by atoms with E-state index in [-0.39, 0.29) is 18.0 Å². The van der Waals surface area contributed by atoms with Gasteiger partial charge in [0.25, 0.3) is 0 Å². The molecule has 0 spiro atoms. The average molecular weight is 362 g/mol. The number of carbonyl (C=O) groups excluding carboxylic acids is 2. The van der Waals surface area contributed by atoms with E-state index in [1.807, 2.05) is 0 Å². The summed E-state index contributed by atoms with van der Waals surface area (Å²) in [6.07, 6.45) is -0.755. The molecule has 0 aliphatic carbocycles. The number of nitrogens with two attached hydrogens (primary N) is 1. The van der Waals surface area contributed by atoms with Crippen LogP contribution in [0, 0.1) is 0 Å². The van der Waals surface area contributed by atoms with Crippen molar-refractivity contribution in [2.24, 2.45) is 5.73 Å². The SMILES string of the molecule is NC(=O)C1CCCN1C(=O)C1CCN1C1CCN(CC(F)(F)F)CC1. The molecule has 2 amide bonds. The number of alkyl halides is 3. The molecule has 2 N–H and O–H groups in total. The summed E-state index contributed by atoms with van der Waals surface area (Å²) in [7, 11) is 0. The molecule has 0 aromatic carbocycles. The number of hydrogen-bond donors (Lipinski definition) is 1. The van der Waals surface area contributed by atoms with Gasteiger partial charge in [0, 0.05) is 19.1 Å². The number of hydrogen-bond acceptors (Lipinski definition) is 4. The Kier molecular flexibility index (Phi) is 5.24. The molecule has 3 rings (SSSR count). The summed E-state index contributed by atoms with van der Waals surface area (Å²) in [5.41, 5.74) is 5.38. The Labute approximate surface area is 145 Å². The molecule has 0 aromatic rings. The van der Waals surface area contributed by atoms with Crippen molar-refractivity contribution in [3.8, 4) is 0 Å². The number of piperidine rings is 1. The highest BCUT2D eigenvalue weighted by Crippen LogP contribution is 2.31. The molecule has 2 unspecified atom stereocenters. The van der Waals surface area contributed by atoms with E-state index in [1.54, 1.807) is 4.90 Å². The van der Waals surface area contributed by atoms with Gasteiger partial charge in [0.15, 0.2) is 0 Å². The summed E-state index contributed by atoms with van der Waals surface area (Å²) in [4.78, 5) is 29.4. The molecule has 3 aliphatic rings. The Balaban J connectivity index is 1.53. The van der Waals surface area contributed by atoms with Crippen LogP contribution in [0.25, 0.3) is 0 Å². The largest absolute Gasteiger partial charge is 0.401 e. The highest BCUT2D eigenvalue weighted by Gasteiger charge is 2.45. The van der Waals surface area contributed by atoms with Crippen LogP contribution in [-0.4, -0.2) is 83.5 Å². The highest BCUT2D eigenvalue weighted by atomic mass is 19.4. The third-order valence-corrected chi connectivity index (χ3v) is 5.64. The third kappa shape index (κ3) is 4.08. The molecular weight excluding hydrogens is 337 g/mol. The number of rotatable bonds is 4. The lowest BCUT2D eigenvalue weighted by atomic mass is 9.93. The van der Waals surface area contributed by atoms with Gasteiger partial charge in [-0.3, -0.25) is 19.4 Å². The number of carbonyl (C=O) groups is 2. The van der Waals surface area contributed by atoms with E-state index in [1.165, 1.54) is 4.90 Å². The molecular formula is C16H25F3N4O2. The maximum atomic E-state index is 12.8. The van der Waals surface area contributed by atoms with Crippen LogP contribution in [0.15, 0.2) is 0 Å². The van der Waals surface area contributed by atoms with Crippen LogP contribution in [-0.2, 0) is 9.59 Å². The first-order valence-corrected chi connectivity index (χ1v) is 8.91. The van der Waals surface area contributed by atoms with Crippen molar-refractivity contribution in [1.29, 1.82) is 0 Å². The average Bonchev–Trinajstić information content (AvgIpc) is 2.96. The van der Waals surface area contributed by atoms with Gasteiger partial charge in [-0.2, -0.15) is 13.2 Å². The normalized spacial score (nSPS) is 29.6. The maximum Gasteiger partial charge on any atom is 0.401 e. The molecule has 0 bridgehead atoms. The van der Waals surface area contributed by atoms with Gasteiger partial charge in [0.05, 0.1) is 12.6 Å². The highest BCUT2D eigenvalue weighted by molar-refractivity contribution is 5.90. The van der Waals surface area contributed by atoms with Gasteiger partial charge in [-0.05, 0) is 45.2 Å². The Morgan fingerprint density at radius 2 is 1.64 bits per heavy atom. The van der Waals surface area contributed by atoms with Gasteiger partial charge in [-0.1, -0.05) is 0 Å². The van der Waals surface area contributed by atoms with E-state index in [4.69, 9.17) is 5.73 Å². The second kappa shape index (κ2) is 7.11. The smallest absolute Gasteiger partial charge is 0.368 e. The zero-order chi connectivity index (χ0) is 18.2.